The zero-order valence-corrected chi connectivity index (χ0v) is 7.13. The maximum Gasteiger partial charge on any atom is 0.308 e. The third-order valence-corrected chi connectivity index (χ3v) is 1.15. The molecule has 0 aromatic carbocycles. The van der Waals surface area contributed by atoms with Gasteiger partial charge in [-0.25, -0.2) is 0 Å². The number of hydrogen-bond donors (Lipinski definition) is 0. The van der Waals surface area contributed by atoms with Crippen molar-refractivity contribution in [3.05, 3.63) is 6.92 Å². The molecule has 0 heterocycles. The van der Waals surface area contributed by atoms with Crippen molar-refractivity contribution in [2.24, 2.45) is 0 Å². The van der Waals surface area contributed by atoms with Crippen LogP contribution in [0.1, 0.15) is 26.7 Å². The van der Waals surface area contributed by atoms with Gasteiger partial charge in [0.05, 0.1) is 13.5 Å². The molecule has 0 aromatic rings. The molecule has 1 unspecified atom stereocenters. The van der Waals surface area contributed by atoms with Crippen LogP contribution in [0.15, 0.2) is 0 Å². The first-order valence-corrected chi connectivity index (χ1v) is 3.81. The maximum atomic E-state index is 10.3. The van der Waals surface area contributed by atoms with Crippen molar-refractivity contribution in [3.8, 4) is 0 Å². The van der Waals surface area contributed by atoms with Crippen molar-refractivity contribution in [3.63, 3.8) is 0 Å². The zero-order chi connectivity index (χ0) is 8.69. The van der Waals surface area contributed by atoms with Crippen molar-refractivity contribution < 1.29 is 14.3 Å². The van der Waals surface area contributed by atoms with E-state index < -0.39 is 12.3 Å². The van der Waals surface area contributed by atoms with Gasteiger partial charge < -0.3 is 9.47 Å². The van der Waals surface area contributed by atoms with Crippen LogP contribution in [0.2, 0.25) is 0 Å². The van der Waals surface area contributed by atoms with Crippen molar-refractivity contribution >= 4 is 5.97 Å². The highest BCUT2D eigenvalue weighted by atomic mass is 16.7. The fourth-order valence-corrected chi connectivity index (χ4v) is 0.613. The molecular weight excluding hydrogens is 144 g/mol. The van der Waals surface area contributed by atoms with Gasteiger partial charge in [0.15, 0.2) is 6.29 Å². The third kappa shape index (κ3) is 7.33. The topological polar surface area (TPSA) is 35.5 Å². The average Bonchev–Trinajstić information content (AvgIpc) is 1.86. The molecule has 0 aliphatic rings. The Morgan fingerprint density at radius 3 is 2.73 bits per heavy atom. The summed E-state index contributed by atoms with van der Waals surface area (Å²) in [6.07, 6.45) is 1.59. The average molecular weight is 159 g/mol. The summed E-state index contributed by atoms with van der Waals surface area (Å²) >= 11 is 0. The van der Waals surface area contributed by atoms with Gasteiger partial charge in [-0.1, -0.05) is 13.3 Å². The number of esters is 1. The normalized spacial score (nSPS) is 12.6. The predicted molar refractivity (Wildman–Crippen MR) is 41.8 cm³/mol. The molecule has 0 bridgehead atoms. The Bertz CT molecular complexity index is 112. The lowest BCUT2D eigenvalue weighted by Gasteiger charge is -2.11. The molecule has 0 fully saturated rings. The van der Waals surface area contributed by atoms with E-state index in [1.165, 1.54) is 0 Å². The monoisotopic (exact) mass is 159 g/mol. The summed E-state index contributed by atoms with van der Waals surface area (Å²) in [6.45, 7) is 7.45. The van der Waals surface area contributed by atoms with Crippen molar-refractivity contribution in [1.29, 1.82) is 0 Å². The summed E-state index contributed by atoms with van der Waals surface area (Å²) in [5.41, 5.74) is 0. The van der Waals surface area contributed by atoms with Crippen molar-refractivity contribution in [1.82, 2.24) is 0 Å². The van der Waals surface area contributed by atoms with Gasteiger partial charge in [-0.05, 0) is 13.3 Å². The zero-order valence-electron chi connectivity index (χ0n) is 7.13. The molecule has 0 aliphatic carbocycles. The first kappa shape index (κ1) is 10.4. The standard InChI is InChI=1S/C8H15O3/c1-4-5-6-10-8(3)11-7(2)9/h8H,2,4-6H2,1,3H3. The van der Waals surface area contributed by atoms with Gasteiger partial charge in [-0.2, -0.15) is 0 Å². The second kappa shape index (κ2) is 6.16. The highest BCUT2D eigenvalue weighted by Crippen LogP contribution is 1.96. The fraction of sp³-hybridized carbons (Fsp3) is 0.750. The highest BCUT2D eigenvalue weighted by molar-refractivity contribution is 5.73. The van der Waals surface area contributed by atoms with Gasteiger partial charge in [-0.15, -0.1) is 0 Å². The predicted octanol–water partition coefficient (Wildman–Crippen LogP) is 1.53. The Labute approximate surface area is 67.7 Å². The van der Waals surface area contributed by atoms with E-state index >= 15 is 0 Å². The van der Waals surface area contributed by atoms with Crippen LogP contribution in [0.25, 0.3) is 0 Å². The van der Waals surface area contributed by atoms with Crippen LogP contribution >= 0.6 is 0 Å². The Balaban J connectivity index is 3.22. The SMILES string of the molecule is [CH2]C(=O)OC(C)OCCCC. The summed E-state index contributed by atoms with van der Waals surface area (Å²) in [4.78, 5) is 10.3. The Hall–Kier alpha value is -0.570. The molecule has 0 N–H and O–H groups in total. The second-order valence-electron chi connectivity index (χ2n) is 2.28. The fourth-order valence-electron chi connectivity index (χ4n) is 0.613. The Morgan fingerprint density at radius 2 is 2.27 bits per heavy atom. The van der Waals surface area contributed by atoms with Gasteiger partial charge in [0, 0.05) is 0 Å². The molecule has 1 atom stereocenters. The van der Waals surface area contributed by atoms with Crippen LogP contribution in [0, 0.1) is 6.92 Å². The van der Waals surface area contributed by atoms with E-state index in [4.69, 9.17) is 4.74 Å². The maximum absolute atomic E-state index is 10.3. The van der Waals surface area contributed by atoms with E-state index in [1.54, 1.807) is 6.92 Å². The summed E-state index contributed by atoms with van der Waals surface area (Å²) in [7, 11) is 0. The lowest BCUT2D eigenvalue weighted by atomic mass is 10.4. The molecule has 3 nitrogen and oxygen atoms in total. The summed E-state index contributed by atoms with van der Waals surface area (Å²) in [6, 6.07) is 0. The van der Waals surface area contributed by atoms with Gasteiger partial charge in [-0.3, -0.25) is 4.79 Å². The van der Waals surface area contributed by atoms with Gasteiger partial charge in [0.2, 0.25) is 0 Å². The number of ether oxygens (including phenoxy) is 2. The van der Waals surface area contributed by atoms with Crippen LogP contribution in [-0.2, 0) is 14.3 Å². The van der Waals surface area contributed by atoms with E-state index in [0.29, 0.717) is 6.61 Å². The molecule has 0 saturated carbocycles. The lowest BCUT2D eigenvalue weighted by molar-refractivity contribution is -0.169. The molecule has 0 rings (SSSR count). The van der Waals surface area contributed by atoms with Crippen LogP contribution in [0.4, 0.5) is 0 Å². The second-order valence-corrected chi connectivity index (χ2v) is 2.28. The van der Waals surface area contributed by atoms with Gasteiger partial charge in [0.1, 0.15) is 0 Å². The van der Waals surface area contributed by atoms with E-state index in [9.17, 15) is 4.79 Å². The van der Waals surface area contributed by atoms with E-state index in [2.05, 4.69) is 18.6 Å². The number of unbranched alkanes of at least 4 members (excludes halogenated alkanes) is 1. The van der Waals surface area contributed by atoms with Gasteiger partial charge >= 0.3 is 5.97 Å². The van der Waals surface area contributed by atoms with E-state index in [1.807, 2.05) is 0 Å². The Kier molecular flexibility index (Phi) is 5.84. The molecule has 0 spiro atoms. The van der Waals surface area contributed by atoms with Crippen LogP contribution in [-0.4, -0.2) is 18.9 Å². The highest BCUT2D eigenvalue weighted by Gasteiger charge is 2.03. The van der Waals surface area contributed by atoms with Crippen LogP contribution in [0.3, 0.4) is 0 Å². The molecule has 0 aromatic heterocycles. The minimum Gasteiger partial charge on any atom is -0.436 e. The quantitative estimate of drug-likeness (QED) is 0.346. The minimum absolute atomic E-state index is 0.466. The summed E-state index contributed by atoms with van der Waals surface area (Å²) < 4.78 is 9.73. The number of carbonyl (C=O) groups excluding carboxylic acids is 1. The molecular formula is C8H15O3. The molecule has 1 radical (unpaired) electrons. The largest absolute Gasteiger partial charge is 0.436 e. The summed E-state index contributed by atoms with van der Waals surface area (Å²) in [5.74, 6) is -0.547. The summed E-state index contributed by atoms with van der Waals surface area (Å²) in [5, 5.41) is 0. The number of rotatable bonds is 5. The molecule has 11 heavy (non-hydrogen) atoms. The third-order valence-electron chi connectivity index (χ3n) is 1.15. The van der Waals surface area contributed by atoms with E-state index in [-0.39, 0.29) is 0 Å². The molecule has 0 amide bonds. The lowest BCUT2D eigenvalue weighted by Crippen LogP contribution is -2.16. The molecule has 0 saturated heterocycles. The molecule has 65 valence electrons. The number of carbonyl (C=O) groups is 1. The molecule has 3 heteroatoms. The minimum atomic E-state index is -0.547. The van der Waals surface area contributed by atoms with Crippen LogP contribution in [0.5, 0.6) is 0 Å². The molecule has 0 aliphatic heterocycles. The van der Waals surface area contributed by atoms with Crippen molar-refractivity contribution in [2.45, 2.75) is 33.0 Å². The van der Waals surface area contributed by atoms with Crippen LogP contribution < -0.4 is 0 Å². The number of hydrogen-bond acceptors (Lipinski definition) is 3. The Morgan fingerprint density at radius 1 is 1.64 bits per heavy atom. The van der Waals surface area contributed by atoms with Gasteiger partial charge in [0.25, 0.3) is 0 Å². The van der Waals surface area contributed by atoms with Crippen molar-refractivity contribution in [2.75, 3.05) is 6.61 Å². The smallest absolute Gasteiger partial charge is 0.308 e. The first-order valence-electron chi connectivity index (χ1n) is 3.81. The first-order chi connectivity index (χ1) is 5.16. The van der Waals surface area contributed by atoms with E-state index in [0.717, 1.165) is 12.8 Å².